The molecule has 0 saturated heterocycles. The van der Waals surface area contributed by atoms with Crippen LogP contribution in [0.3, 0.4) is 0 Å². The van der Waals surface area contributed by atoms with Crippen molar-refractivity contribution in [2.45, 2.75) is 84.2 Å². The van der Waals surface area contributed by atoms with Gasteiger partial charge in [0, 0.05) is 19.0 Å². The number of halogens is 1. The number of nitrogens with zero attached hydrogens (tertiary/aromatic N) is 1. The Bertz CT molecular complexity index is 408. The van der Waals surface area contributed by atoms with Gasteiger partial charge >= 0.3 is 0 Å². The lowest BCUT2D eigenvalue weighted by atomic mass is 9.83. The molecular weight excluding hydrogens is 282 g/mol. The average Bonchev–Trinajstić information content (AvgIpc) is 2.85. The number of aromatic amines is 1. The van der Waals surface area contributed by atoms with Gasteiger partial charge in [-0.1, -0.05) is 44.7 Å². The summed E-state index contributed by atoms with van der Waals surface area (Å²) in [6.45, 7) is 5.31. The summed E-state index contributed by atoms with van der Waals surface area (Å²) in [6.07, 6.45) is 11.4. The van der Waals surface area contributed by atoms with Crippen molar-refractivity contribution in [3.8, 4) is 0 Å². The lowest BCUT2D eigenvalue weighted by Gasteiger charge is -2.29. The van der Waals surface area contributed by atoms with Gasteiger partial charge in [0.1, 0.15) is 5.82 Å². The van der Waals surface area contributed by atoms with Crippen molar-refractivity contribution in [3.05, 3.63) is 16.7 Å². The SMILES string of the molecule is CCCCc1nc(Cl)c(CNC2CCC(CCC)CC2)[nH]1. The third-order valence-electron chi connectivity index (χ3n) is 4.66. The highest BCUT2D eigenvalue weighted by Gasteiger charge is 2.20. The van der Waals surface area contributed by atoms with E-state index in [1.54, 1.807) is 0 Å². The molecule has 0 spiro atoms. The average molecular weight is 312 g/mol. The van der Waals surface area contributed by atoms with E-state index in [2.05, 4.69) is 29.1 Å². The van der Waals surface area contributed by atoms with E-state index in [1.165, 1.54) is 44.9 Å². The predicted molar refractivity (Wildman–Crippen MR) is 89.7 cm³/mol. The summed E-state index contributed by atoms with van der Waals surface area (Å²) in [7, 11) is 0. The number of unbranched alkanes of at least 4 members (excludes halogenated alkanes) is 1. The molecule has 0 atom stereocenters. The van der Waals surface area contributed by atoms with Gasteiger partial charge in [-0.15, -0.1) is 0 Å². The maximum atomic E-state index is 6.22. The smallest absolute Gasteiger partial charge is 0.151 e. The zero-order valence-electron chi connectivity index (χ0n) is 13.6. The number of nitrogens with one attached hydrogen (secondary N) is 2. The van der Waals surface area contributed by atoms with Gasteiger partial charge in [-0.05, 0) is 38.0 Å². The molecule has 1 fully saturated rings. The fourth-order valence-electron chi connectivity index (χ4n) is 3.33. The summed E-state index contributed by atoms with van der Waals surface area (Å²) in [4.78, 5) is 7.80. The Morgan fingerprint density at radius 2 is 1.95 bits per heavy atom. The second-order valence-corrected chi connectivity index (χ2v) is 6.80. The van der Waals surface area contributed by atoms with Gasteiger partial charge in [-0.25, -0.2) is 4.98 Å². The Hall–Kier alpha value is -0.540. The zero-order chi connectivity index (χ0) is 15.1. The van der Waals surface area contributed by atoms with E-state index in [4.69, 9.17) is 11.6 Å². The number of hydrogen-bond donors (Lipinski definition) is 2. The lowest BCUT2D eigenvalue weighted by Crippen LogP contribution is -2.32. The molecule has 0 amide bonds. The molecule has 0 unspecified atom stereocenters. The first-order valence-corrected chi connectivity index (χ1v) is 9.07. The molecule has 0 aromatic carbocycles. The van der Waals surface area contributed by atoms with Crippen LogP contribution in [0, 0.1) is 5.92 Å². The van der Waals surface area contributed by atoms with Crippen LogP contribution in [0.4, 0.5) is 0 Å². The van der Waals surface area contributed by atoms with Crippen LogP contribution in [-0.2, 0) is 13.0 Å². The summed E-state index contributed by atoms with van der Waals surface area (Å²) < 4.78 is 0. The molecule has 4 heteroatoms. The van der Waals surface area contributed by atoms with Gasteiger partial charge in [0.25, 0.3) is 0 Å². The highest BCUT2D eigenvalue weighted by molar-refractivity contribution is 6.30. The van der Waals surface area contributed by atoms with E-state index in [0.29, 0.717) is 11.2 Å². The van der Waals surface area contributed by atoms with Crippen LogP contribution in [0.1, 0.15) is 76.7 Å². The van der Waals surface area contributed by atoms with Gasteiger partial charge in [-0.3, -0.25) is 0 Å². The molecule has 0 bridgehead atoms. The molecule has 1 aromatic rings. The second-order valence-electron chi connectivity index (χ2n) is 6.44. The molecule has 1 aromatic heterocycles. The molecule has 120 valence electrons. The number of hydrogen-bond acceptors (Lipinski definition) is 2. The lowest BCUT2D eigenvalue weighted by molar-refractivity contribution is 0.277. The van der Waals surface area contributed by atoms with Gasteiger partial charge in [0.2, 0.25) is 0 Å². The molecule has 2 rings (SSSR count). The summed E-state index contributed by atoms with van der Waals surface area (Å²) in [5, 5.41) is 4.30. The van der Waals surface area contributed by atoms with Gasteiger partial charge in [0.15, 0.2) is 5.15 Å². The number of aromatic nitrogens is 2. The van der Waals surface area contributed by atoms with E-state index < -0.39 is 0 Å². The Kier molecular flexibility index (Phi) is 7.05. The first-order valence-electron chi connectivity index (χ1n) is 8.69. The molecule has 3 nitrogen and oxygen atoms in total. The van der Waals surface area contributed by atoms with Gasteiger partial charge in [-0.2, -0.15) is 0 Å². The Balaban J connectivity index is 1.74. The minimum atomic E-state index is 0.647. The van der Waals surface area contributed by atoms with Crippen LogP contribution >= 0.6 is 11.6 Å². The molecule has 1 aliphatic rings. The van der Waals surface area contributed by atoms with E-state index in [0.717, 1.165) is 36.8 Å². The number of rotatable bonds is 8. The van der Waals surface area contributed by atoms with Crippen molar-refractivity contribution in [3.63, 3.8) is 0 Å². The van der Waals surface area contributed by atoms with Crippen molar-refractivity contribution >= 4 is 11.6 Å². The van der Waals surface area contributed by atoms with E-state index >= 15 is 0 Å². The van der Waals surface area contributed by atoms with Gasteiger partial charge < -0.3 is 10.3 Å². The minimum absolute atomic E-state index is 0.647. The van der Waals surface area contributed by atoms with Crippen LogP contribution in [0.5, 0.6) is 0 Å². The molecule has 0 radical (unpaired) electrons. The minimum Gasteiger partial charge on any atom is -0.344 e. The van der Waals surface area contributed by atoms with Crippen LogP contribution in [0.25, 0.3) is 0 Å². The fourth-order valence-corrected chi connectivity index (χ4v) is 3.55. The molecule has 0 aliphatic heterocycles. The summed E-state index contributed by atoms with van der Waals surface area (Å²) in [5.74, 6) is 2.00. The fraction of sp³-hybridized carbons (Fsp3) is 0.824. The van der Waals surface area contributed by atoms with Crippen LogP contribution in [0.15, 0.2) is 0 Å². The van der Waals surface area contributed by atoms with E-state index in [9.17, 15) is 0 Å². The molecular formula is C17H30ClN3. The first kappa shape index (κ1) is 16.8. The van der Waals surface area contributed by atoms with E-state index in [-0.39, 0.29) is 0 Å². The third-order valence-corrected chi connectivity index (χ3v) is 4.97. The maximum absolute atomic E-state index is 6.22. The normalized spacial score (nSPS) is 22.6. The van der Waals surface area contributed by atoms with Gasteiger partial charge in [0.05, 0.1) is 5.69 Å². The number of H-pyrrole nitrogens is 1. The van der Waals surface area contributed by atoms with Crippen molar-refractivity contribution in [2.24, 2.45) is 5.92 Å². The largest absolute Gasteiger partial charge is 0.344 e. The summed E-state index contributed by atoms with van der Waals surface area (Å²) in [6, 6.07) is 0.650. The van der Waals surface area contributed by atoms with Crippen molar-refractivity contribution in [1.82, 2.24) is 15.3 Å². The summed E-state index contributed by atoms with van der Waals surface area (Å²) in [5.41, 5.74) is 1.05. The zero-order valence-corrected chi connectivity index (χ0v) is 14.3. The quantitative estimate of drug-likeness (QED) is 0.720. The topological polar surface area (TPSA) is 40.7 Å². The highest BCUT2D eigenvalue weighted by Crippen LogP contribution is 2.28. The Morgan fingerprint density at radius 1 is 1.19 bits per heavy atom. The molecule has 21 heavy (non-hydrogen) atoms. The molecule has 1 aliphatic carbocycles. The van der Waals surface area contributed by atoms with Crippen molar-refractivity contribution < 1.29 is 0 Å². The standard InChI is InChI=1S/C17H30ClN3/c1-3-5-7-16-20-15(17(18)21-16)12-19-14-10-8-13(6-4-2)9-11-14/h13-14,19H,3-12H2,1-2H3,(H,20,21). The van der Waals surface area contributed by atoms with E-state index in [1.807, 2.05) is 0 Å². The molecule has 1 heterocycles. The maximum Gasteiger partial charge on any atom is 0.151 e. The predicted octanol–water partition coefficient (Wildman–Crippen LogP) is 4.85. The third kappa shape index (κ3) is 5.30. The van der Waals surface area contributed by atoms with Crippen LogP contribution in [-0.4, -0.2) is 16.0 Å². The number of aryl methyl sites for hydroxylation is 1. The van der Waals surface area contributed by atoms with Crippen LogP contribution in [0.2, 0.25) is 5.15 Å². The summed E-state index contributed by atoms with van der Waals surface area (Å²) >= 11 is 6.22. The van der Waals surface area contributed by atoms with Crippen molar-refractivity contribution in [1.29, 1.82) is 0 Å². The molecule has 2 N–H and O–H groups in total. The molecule has 1 saturated carbocycles. The first-order chi connectivity index (χ1) is 10.2. The Morgan fingerprint density at radius 3 is 2.62 bits per heavy atom. The number of imidazole rings is 1. The second kappa shape index (κ2) is 8.79. The monoisotopic (exact) mass is 311 g/mol. The Labute approximate surface area is 134 Å². The highest BCUT2D eigenvalue weighted by atomic mass is 35.5. The van der Waals surface area contributed by atoms with Crippen LogP contribution < -0.4 is 5.32 Å². The van der Waals surface area contributed by atoms with Crippen molar-refractivity contribution in [2.75, 3.05) is 0 Å².